The van der Waals surface area contributed by atoms with E-state index >= 15 is 0 Å². The van der Waals surface area contributed by atoms with Gasteiger partial charge in [0, 0.05) is 18.9 Å². The molecule has 1 rings (SSSR count). The highest BCUT2D eigenvalue weighted by Crippen LogP contribution is 2.19. The summed E-state index contributed by atoms with van der Waals surface area (Å²) in [5, 5.41) is 0. The van der Waals surface area contributed by atoms with Crippen molar-refractivity contribution in [1.82, 2.24) is 9.80 Å². The van der Waals surface area contributed by atoms with Gasteiger partial charge in [-0.05, 0) is 6.42 Å². The van der Waals surface area contributed by atoms with Gasteiger partial charge in [-0.1, -0.05) is 39.0 Å². The highest BCUT2D eigenvalue weighted by atomic mass is 19.4. The van der Waals surface area contributed by atoms with E-state index in [1.165, 1.54) is 43.2 Å². The van der Waals surface area contributed by atoms with E-state index in [9.17, 15) is 13.2 Å². The van der Waals surface area contributed by atoms with E-state index in [2.05, 4.69) is 6.92 Å². The molecule has 0 N–H and O–H groups in total. The lowest BCUT2D eigenvalue weighted by molar-refractivity contribution is -0.141. The molecule has 0 aromatic rings. The second kappa shape index (κ2) is 7.54. The van der Waals surface area contributed by atoms with Crippen molar-refractivity contribution in [3.8, 4) is 0 Å². The van der Waals surface area contributed by atoms with Crippen LogP contribution >= 0.6 is 0 Å². The Morgan fingerprint density at radius 3 is 2.22 bits per heavy atom. The summed E-state index contributed by atoms with van der Waals surface area (Å²) in [7, 11) is 0. The summed E-state index contributed by atoms with van der Waals surface area (Å²) >= 11 is 0. The summed E-state index contributed by atoms with van der Waals surface area (Å²) < 4.78 is 36.5. The third-order valence-corrected chi connectivity index (χ3v) is 3.03. The molecule has 0 amide bonds. The smallest absolute Gasteiger partial charge is 0.359 e. The van der Waals surface area contributed by atoms with Gasteiger partial charge in [0.25, 0.3) is 0 Å². The molecule has 0 saturated carbocycles. The Kier molecular flexibility index (Phi) is 6.36. The van der Waals surface area contributed by atoms with Gasteiger partial charge in [-0.25, -0.2) is 0 Å². The minimum Gasteiger partial charge on any atom is -0.359 e. The molecule has 106 valence electrons. The van der Waals surface area contributed by atoms with Crippen molar-refractivity contribution in [3.05, 3.63) is 12.4 Å². The number of nitrogens with zero attached hydrogens (tertiary/aromatic N) is 2. The number of rotatable bonds is 8. The first-order chi connectivity index (χ1) is 8.51. The van der Waals surface area contributed by atoms with Gasteiger partial charge in [0.2, 0.25) is 0 Å². The fourth-order valence-corrected chi connectivity index (χ4v) is 2.09. The van der Waals surface area contributed by atoms with Gasteiger partial charge in [-0.15, -0.1) is 0 Å². The van der Waals surface area contributed by atoms with Crippen LogP contribution in [0.2, 0.25) is 0 Å². The molecule has 0 aliphatic carbocycles. The maximum absolute atomic E-state index is 12.2. The number of alkyl halides is 3. The largest absolute Gasteiger partial charge is 0.405 e. The highest BCUT2D eigenvalue weighted by molar-refractivity contribution is 4.91. The molecule has 0 aromatic carbocycles. The summed E-state index contributed by atoms with van der Waals surface area (Å²) in [6.07, 6.45) is 6.44. The van der Waals surface area contributed by atoms with Crippen LogP contribution in [-0.4, -0.2) is 35.7 Å². The van der Waals surface area contributed by atoms with Gasteiger partial charge in [-0.2, -0.15) is 13.2 Å². The van der Waals surface area contributed by atoms with E-state index in [-0.39, 0.29) is 0 Å². The average Bonchev–Trinajstić information content (AvgIpc) is 2.68. The third kappa shape index (κ3) is 6.77. The number of hydrogen-bond donors (Lipinski definition) is 0. The fourth-order valence-electron chi connectivity index (χ4n) is 2.09. The molecule has 18 heavy (non-hydrogen) atoms. The molecule has 1 heterocycles. The lowest BCUT2D eigenvalue weighted by atomic mass is 10.1. The molecular weight excluding hydrogens is 241 g/mol. The van der Waals surface area contributed by atoms with Crippen LogP contribution in [-0.2, 0) is 0 Å². The molecule has 0 unspecified atom stereocenters. The molecule has 0 fully saturated rings. The SMILES string of the molecule is CCCCCCCCN1C=CN(CC(F)(F)F)C1. The van der Waals surface area contributed by atoms with Crippen molar-refractivity contribution in [1.29, 1.82) is 0 Å². The zero-order valence-electron chi connectivity index (χ0n) is 11.0. The molecule has 2 nitrogen and oxygen atoms in total. The summed E-state index contributed by atoms with van der Waals surface area (Å²) in [6, 6.07) is 0. The quantitative estimate of drug-likeness (QED) is 0.612. The number of unbranched alkanes of at least 4 members (excludes halogenated alkanes) is 5. The molecule has 1 aliphatic rings. The van der Waals surface area contributed by atoms with E-state index < -0.39 is 12.7 Å². The second-order valence-corrected chi connectivity index (χ2v) is 4.88. The van der Waals surface area contributed by atoms with Crippen LogP contribution in [0.4, 0.5) is 13.2 Å². The normalized spacial score (nSPS) is 15.8. The first kappa shape index (κ1) is 15.2. The number of hydrogen-bond acceptors (Lipinski definition) is 2. The summed E-state index contributed by atoms with van der Waals surface area (Å²) in [4.78, 5) is 3.25. The summed E-state index contributed by atoms with van der Waals surface area (Å²) in [6.45, 7) is 2.56. The molecule has 0 atom stereocenters. The minimum atomic E-state index is -4.11. The standard InChI is InChI=1S/C13H23F3N2/c1-2-3-4-5-6-7-8-17-9-10-18(12-17)11-13(14,15)16/h9-10H,2-8,11-12H2,1H3. The zero-order valence-corrected chi connectivity index (χ0v) is 11.0. The van der Waals surface area contributed by atoms with Crippen LogP contribution in [0.25, 0.3) is 0 Å². The van der Waals surface area contributed by atoms with Crippen molar-refractivity contribution < 1.29 is 13.2 Å². The Balaban J connectivity index is 2.03. The minimum absolute atomic E-state index is 0.370. The predicted molar refractivity (Wildman–Crippen MR) is 66.9 cm³/mol. The van der Waals surface area contributed by atoms with Gasteiger partial charge < -0.3 is 9.80 Å². The Bertz CT molecular complexity index is 251. The van der Waals surface area contributed by atoms with Crippen LogP contribution in [0, 0.1) is 0 Å². The molecule has 0 spiro atoms. The van der Waals surface area contributed by atoms with Gasteiger partial charge in [-0.3, -0.25) is 0 Å². The fraction of sp³-hybridized carbons (Fsp3) is 0.846. The van der Waals surface area contributed by atoms with Crippen LogP contribution in [0.1, 0.15) is 45.4 Å². The van der Waals surface area contributed by atoms with E-state index in [1.54, 1.807) is 6.20 Å². The van der Waals surface area contributed by atoms with Crippen LogP contribution in [0.3, 0.4) is 0 Å². The van der Waals surface area contributed by atoms with Crippen molar-refractivity contribution >= 4 is 0 Å². The van der Waals surface area contributed by atoms with Gasteiger partial charge >= 0.3 is 6.18 Å². The predicted octanol–water partition coefficient (Wildman–Crippen LogP) is 3.96. The molecular formula is C13H23F3N2. The molecule has 0 bridgehead atoms. The van der Waals surface area contributed by atoms with Crippen molar-refractivity contribution in [3.63, 3.8) is 0 Å². The molecule has 0 aromatic heterocycles. The Morgan fingerprint density at radius 1 is 0.944 bits per heavy atom. The zero-order chi connectivity index (χ0) is 13.4. The van der Waals surface area contributed by atoms with Crippen LogP contribution in [0.5, 0.6) is 0 Å². The Hall–Kier alpha value is -0.870. The molecule has 0 saturated heterocycles. The number of halogens is 3. The Morgan fingerprint density at radius 2 is 1.56 bits per heavy atom. The van der Waals surface area contributed by atoms with Crippen molar-refractivity contribution in [2.45, 2.75) is 51.6 Å². The lowest BCUT2D eigenvalue weighted by Gasteiger charge is -2.22. The van der Waals surface area contributed by atoms with Crippen LogP contribution in [0.15, 0.2) is 12.4 Å². The van der Waals surface area contributed by atoms with Crippen molar-refractivity contribution in [2.24, 2.45) is 0 Å². The first-order valence-electron chi connectivity index (χ1n) is 6.74. The van der Waals surface area contributed by atoms with E-state index in [0.717, 1.165) is 13.0 Å². The third-order valence-electron chi connectivity index (χ3n) is 3.03. The van der Waals surface area contributed by atoms with Gasteiger partial charge in [0.15, 0.2) is 0 Å². The molecule has 5 heteroatoms. The van der Waals surface area contributed by atoms with E-state index in [4.69, 9.17) is 0 Å². The summed E-state index contributed by atoms with van der Waals surface area (Å²) in [5.74, 6) is 0. The second-order valence-electron chi connectivity index (χ2n) is 4.88. The molecule has 0 radical (unpaired) electrons. The van der Waals surface area contributed by atoms with Gasteiger partial charge in [0.05, 0.1) is 6.67 Å². The monoisotopic (exact) mass is 264 g/mol. The van der Waals surface area contributed by atoms with Gasteiger partial charge in [0.1, 0.15) is 6.54 Å². The first-order valence-corrected chi connectivity index (χ1v) is 6.74. The summed E-state index contributed by atoms with van der Waals surface area (Å²) in [5.41, 5.74) is 0. The van der Waals surface area contributed by atoms with E-state index in [1.807, 2.05) is 4.90 Å². The molecule has 1 aliphatic heterocycles. The lowest BCUT2D eigenvalue weighted by Crippen LogP contribution is -2.33. The van der Waals surface area contributed by atoms with Crippen LogP contribution < -0.4 is 0 Å². The van der Waals surface area contributed by atoms with Crippen molar-refractivity contribution in [2.75, 3.05) is 19.8 Å². The van der Waals surface area contributed by atoms with E-state index in [0.29, 0.717) is 6.67 Å². The maximum Gasteiger partial charge on any atom is 0.405 e. The Labute approximate surface area is 107 Å². The maximum atomic E-state index is 12.2. The highest BCUT2D eigenvalue weighted by Gasteiger charge is 2.31. The average molecular weight is 264 g/mol. The topological polar surface area (TPSA) is 6.48 Å².